The van der Waals surface area contributed by atoms with Gasteiger partial charge in [-0.25, -0.2) is 0 Å². The molecule has 1 aliphatic carbocycles. The maximum atomic E-state index is 12.4. The van der Waals surface area contributed by atoms with Crippen LogP contribution in [0, 0.1) is 5.92 Å². The first kappa shape index (κ1) is 19.7. The van der Waals surface area contributed by atoms with Crippen LogP contribution in [-0.2, 0) is 14.3 Å². The van der Waals surface area contributed by atoms with Gasteiger partial charge in [0.1, 0.15) is 6.10 Å². The minimum Gasteiger partial charge on any atom is -0.483 e. The van der Waals surface area contributed by atoms with Crippen LogP contribution < -0.4 is 10.6 Å². The Kier molecular flexibility index (Phi) is 6.39. The summed E-state index contributed by atoms with van der Waals surface area (Å²) in [5.74, 6) is 0.0258. The molecule has 146 valence electrons. The fourth-order valence-electron chi connectivity index (χ4n) is 3.52. The van der Waals surface area contributed by atoms with E-state index in [0.717, 1.165) is 24.9 Å². The van der Waals surface area contributed by atoms with Crippen LogP contribution >= 0.6 is 11.6 Å². The van der Waals surface area contributed by atoms with Gasteiger partial charge in [0, 0.05) is 24.0 Å². The van der Waals surface area contributed by atoms with Crippen LogP contribution in [0.4, 0.5) is 0 Å². The van der Waals surface area contributed by atoms with Crippen molar-refractivity contribution >= 4 is 29.5 Å². The van der Waals surface area contributed by atoms with Gasteiger partial charge < -0.3 is 20.3 Å². The number of carbonyl (C=O) groups is 2. The Morgan fingerprint density at radius 1 is 1.41 bits per heavy atom. The zero-order chi connectivity index (χ0) is 19.4. The lowest BCUT2D eigenvalue weighted by Gasteiger charge is -2.39. The third-order valence-electron chi connectivity index (χ3n) is 4.98. The number of nitrogens with zero attached hydrogens (tertiary/aromatic N) is 1. The van der Waals surface area contributed by atoms with Crippen molar-refractivity contribution < 1.29 is 14.3 Å². The summed E-state index contributed by atoms with van der Waals surface area (Å²) < 4.78 is 5.95. The van der Waals surface area contributed by atoms with Crippen molar-refractivity contribution in [3.05, 3.63) is 40.6 Å². The van der Waals surface area contributed by atoms with Crippen molar-refractivity contribution in [3.63, 3.8) is 0 Å². The van der Waals surface area contributed by atoms with Crippen molar-refractivity contribution in [3.8, 4) is 0 Å². The summed E-state index contributed by atoms with van der Waals surface area (Å²) in [6.07, 6.45) is 3.71. The lowest BCUT2D eigenvalue weighted by Crippen LogP contribution is -2.54. The molecule has 0 radical (unpaired) electrons. The molecule has 0 bridgehead atoms. The largest absolute Gasteiger partial charge is 0.483 e. The van der Waals surface area contributed by atoms with Gasteiger partial charge in [-0.15, -0.1) is 0 Å². The summed E-state index contributed by atoms with van der Waals surface area (Å²) in [6, 6.07) is 7.14. The number of rotatable bonds is 5. The smallest absolute Gasteiger partial charge is 0.286 e. The quantitative estimate of drug-likeness (QED) is 0.753. The highest BCUT2D eigenvalue weighted by atomic mass is 35.5. The third-order valence-corrected chi connectivity index (χ3v) is 5.22. The molecule has 2 N–H and O–H groups in total. The lowest BCUT2D eigenvalue weighted by atomic mass is 9.82. The number of nitrogens with one attached hydrogen (secondary N) is 2. The second-order valence-electron chi connectivity index (χ2n) is 7.40. The molecule has 1 heterocycles. The van der Waals surface area contributed by atoms with Crippen LogP contribution in [0.2, 0.25) is 5.02 Å². The monoisotopic (exact) mass is 391 g/mol. The van der Waals surface area contributed by atoms with E-state index in [1.54, 1.807) is 18.2 Å². The zero-order valence-corrected chi connectivity index (χ0v) is 16.5. The number of hydrogen-bond donors (Lipinski definition) is 2. The average molecular weight is 392 g/mol. The van der Waals surface area contributed by atoms with E-state index in [9.17, 15) is 9.59 Å². The highest BCUT2D eigenvalue weighted by molar-refractivity contribution is 6.30. The van der Waals surface area contributed by atoms with Gasteiger partial charge in [-0.3, -0.25) is 9.59 Å². The molecule has 3 rings (SSSR count). The molecule has 1 saturated heterocycles. The molecule has 1 saturated carbocycles. The molecule has 2 amide bonds. The van der Waals surface area contributed by atoms with Gasteiger partial charge in [0.2, 0.25) is 5.91 Å². The standard InChI is InChI=1S/C20H26ClN3O3/c1-24(2)9-8-22-19(25)14-6-7-17-16(12-14)23-20(26)18(27-17)11-13-4-3-5-15(21)10-13/h3-5,10-11,14,16-17H,6-9,12H2,1-2H3,(H,22,25)(H,23,26)/b18-11-. The summed E-state index contributed by atoms with van der Waals surface area (Å²) in [5, 5.41) is 6.60. The molecule has 2 aliphatic rings. The summed E-state index contributed by atoms with van der Waals surface area (Å²) in [7, 11) is 3.95. The van der Waals surface area contributed by atoms with E-state index in [-0.39, 0.29) is 29.9 Å². The van der Waals surface area contributed by atoms with Crippen LogP contribution in [0.1, 0.15) is 24.8 Å². The predicted molar refractivity (Wildman–Crippen MR) is 105 cm³/mol. The molecule has 7 heteroatoms. The van der Waals surface area contributed by atoms with Crippen molar-refractivity contribution in [2.45, 2.75) is 31.4 Å². The molecule has 3 atom stereocenters. The number of morpholine rings is 1. The number of hydrogen-bond acceptors (Lipinski definition) is 4. The molecule has 1 aliphatic heterocycles. The summed E-state index contributed by atoms with van der Waals surface area (Å²) in [5.41, 5.74) is 0.819. The highest BCUT2D eigenvalue weighted by Crippen LogP contribution is 2.31. The second kappa shape index (κ2) is 8.76. The number of benzene rings is 1. The van der Waals surface area contributed by atoms with E-state index in [1.807, 2.05) is 31.1 Å². The Labute approximate surface area is 164 Å². The normalized spacial score (nSPS) is 26.3. The minimum atomic E-state index is -0.245. The van der Waals surface area contributed by atoms with Crippen LogP contribution in [0.5, 0.6) is 0 Å². The van der Waals surface area contributed by atoms with Crippen LogP contribution in [-0.4, -0.2) is 56.0 Å². The fraction of sp³-hybridized carbons (Fsp3) is 0.500. The third kappa shape index (κ3) is 5.23. The predicted octanol–water partition coefficient (Wildman–Crippen LogP) is 2.04. The van der Waals surface area contributed by atoms with Crippen molar-refractivity contribution in [1.29, 1.82) is 0 Å². The second-order valence-corrected chi connectivity index (χ2v) is 7.84. The molecule has 0 spiro atoms. The van der Waals surface area contributed by atoms with Gasteiger partial charge >= 0.3 is 0 Å². The first-order valence-electron chi connectivity index (χ1n) is 9.29. The SMILES string of the molecule is CN(C)CCNC(=O)C1CCC2O/C(=C\c3cccc(Cl)c3)C(=O)NC2C1. The average Bonchev–Trinajstić information content (AvgIpc) is 2.61. The molecular weight excluding hydrogens is 366 g/mol. The molecule has 1 aromatic carbocycles. The van der Waals surface area contributed by atoms with E-state index in [0.29, 0.717) is 23.7 Å². The van der Waals surface area contributed by atoms with Crippen LogP contribution in [0.3, 0.4) is 0 Å². The molecule has 27 heavy (non-hydrogen) atoms. The Hall–Kier alpha value is -2.05. The first-order valence-corrected chi connectivity index (χ1v) is 9.67. The Morgan fingerprint density at radius 3 is 2.96 bits per heavy atom. The number of likely N-dealkylation sites (N-methyl/N-ethyl adjacent to an activating group) is 1. The number of carbonyl (C=O) groups excluding carboxylic acids is 2. The Bertz CT molecular complexity index is 735. The van der Waals surface area contributed by atoms with Gasteiger partial charge in [0.05, 0.1) is 6.04 Å². The maximum absolute atomic E-state index is 12.4. The van der Waals surface area contributed by atoms with E-state index in [4.69, 9.17) is 16.3 Å². The Balaban J connectivity index is 1.58. The van der Waals surface area contributed by atoms with Gasteiger partial charge in [0.15, 0.2) is 5.76 Å². The van der Waals surface area contributed by atoms with Crippen LogP contribution in [0.25, 0.3) is 6.08 Å². The van der Waals surface area contributed by atoms with E-state index in [2.05, 4.69) is 10.6 Å². The molecule has 3 unspecified atom stereocenters. The van der Waals surface area contributed by atoms with Gasteiger partial charge in [0.25, 0.3) is 5.91 Å². The van der Waals surface area contributed by atoms with Gasteiger partial charge in [-0.05, 0) is 57.1 Å². The first-order chi connectivity index (χ1) is 12.9. The highest BCUT2D eigenvalue weighted by Gasteiger charge is 2.40. The molecular formula is C20H26ClN3O3. The van der Waals surface area contributed by atoms with Crippen molar-refractivity contribution in [2.24, 2.45) is 5.92 Å². The topological polar surface area (TPSA) is 70.7 Å². The van der Waals surface area contributed by atoms with Crippen molar-refractivity contribution in [1.82, 2.24) is 15.5 Å². The Morgan fingerprint density at radius 2 is 2.22 bits per heavy atom. The molecule has 1 aromatic rings. The zero-order valence-electron chi connectivity index (χ0n) is 15.7. The minimum absolute atomic E-state index is 0.0600. The van der Waals surface area contributed by atoms with Crippen molar-refractivity contribution in [2.75, 3.05) is 27.2 Å². The summed E-state index contributed by atoms with van der Waals surface area (Å²) in [4.78, 5) is 26.8. The van der Waals surface area contributed by atoms with Gasteiger partial charge in [-0.2, -0.15) is 0 Å². The molecule has 6 nitrogen and oxygen atoms in total. The van der Waals surface area contributed by atoms with Gasteiger partial charge in [-0.1, -0.05) is 23.7 Å². The number of amides is 2. The molecule has 0 aromatic heterocycles. The van der Waals surface area contributed by atoms with E-state index in [1.165, 1.54) is 0 Å². The van der Waals surface area contributed by atoms with E-state index >= 15 is 0 Å². The number of halogens is 1. The summed E-state index contributed by atoms with van der Waals surface area (Å²) in [6.45, 7) is 1.44. The fourth-order valence-corrected chi connectivity index (χ4v) is 3.72. The maximum Gasteiger partial charge on any atom is 0.286 e. The lowest BCUT2D eigenvalue weighted by molar-refractivity contribution is -0.134. The van der Waals surface area contributed by atoms with E-state index < -0.39 is 0 Å². The number of fused-ring (bicyclic) bond motifs is 1. The summed E-state index contributed by atoms with van der Waals surface area (Å²) >= 11 is 6.00. The molecule has 2 fully saturated rings. The number of ether oxygens (including phenoxy) is 1. The van der Waals surface area contributed by atoms with Crippen LogP contribution in [0.15, 0.2) is 30.0 Å².